The summed E-state index contributed by atoms with van der Waals surface area (Å²) in [7, 11) is 0. The number of aryl methyl sites for hydroxylation is 1. The van der Waals surface area contributed by atoms with Gasteiger partial charge in [0.1, 0.15) is 0 Å². The second-order valence-electron chi connectivity index (χ2n) is 5.12. The third-order valence-electron chi connectivity index (χ3n) is 3.73. The van der Waals surface area contributed by atoms with Crippen LogP contribution in [0.1, 0.15) is 18.4 Å². The molecule has 0 aliphatic heterocycles. The highest BCUT2D eigenvalue weighted by molar-refractivity contribution is 5.85. The number of para-hydroxylation sites is 2. The van der Waals surface area contributed by atoms with Crippen LogP contribution in [0.5, 0.6) is 0 Å². The van der Waals surface area contributed by atoms with Crippen LogP contribution in [0.2, 0.25) is 0 Å². The molecule has 0 radical (unpaired) electrons. The highest BCUT2D eigenvalue weighted by atomic mass is 15.0. The quantitative estimate of drug-likeness (QED) is 0.696. The SMILES string of the molecule is NCCCCc1cn(-c2ccccc2)c2ccccc12. The summed E-state index contributed by atoms with van der Waals surface area (Å²) in [5.74, 6) is 0. The lowest BCUT2D eigenvalue weighted by atomic mass is 10.1. The normalized spacial score (nSPS) is 11.1. The van der Waals surface area contributed by atoms with Crippen LogP contribution >= 0.6 is 0 Å². The van der Waals surface area contributed by atoms with E-state index in [1.54, 1.807) is 0 Å². The Labute approximate surface area is 119 Å². The minimum atomic E-state index is 0.775. The zero-order valence-electron chi connectivity index (χ0n) is 11.6. The average Bonchev–Trinajstić information content (AvgIpc) is 2.88. The van der Waals surface area contributed by atoms with E-state index in [9.17, 15) is 0 Å². The fourth-order valence-electron chi connectivity index (χ4n) is 2.71. The highest BCUT2D eigenvalue weighted by Gasteiger charge is 2.08. The van der Waals surface area contributed by atoms with Crippen LogP contribution in [-0.2, 0) is 6.42 Å². The molecule has 0 aliphatic rings. The summed E-state index contributed by atoms with van der Waals surface area (Å²) in [4.78, 5) is 0. The van der Waals surface area contributed by atoms with Gasteiger partial charge in [-0.2, -0.15) is 0 Å². The molecule has 1 aromatic heterocycles. The molecular weight excluding hydrogens is 244 g/mol. The summed E-state index contributed by atoms with van der Waals surface area (Å²) in [6.07, 6.45) is 5.61. The zero-order chi connectivity index (χ0) is 13.8. The Morgan fingerprint density at radius 2 is 1.60 bits per heavy atom. The summed E-state index contributed by atoms with van der Waals surface area (Å²) < 4.78 is 2.28. The van der Waals surface area contributed by atoms with Gasteiger partial charge in [-0.25, -0.2) is 0 Å². The molecule has 2 aromatic carbocycles. The van der Waals surface area contributed by atoms with Crippen LogP contribution in [0.25, 0.3) is 16.6 Å². The van der Waals surface area contributed by atoms with Crippen molar-refractivity contribution in [1.29, 1.82) is 0 Å². The first-order valence-electron chi connectivity index (χ1n) is 7.24. The molecule has 0 amide bonds. The molecule has 0 saturated heterocycles. The molecule has 102 valence electrons. The van der Waals surface area contributed by atoms with Gasteiger partial charge >= 0.3 is 0 Å². The smallest absolute Gasteiger partial charge is 0.0531 e. The average molecular weight is 264 g/mol. The van der Waals surface area contributed by atoms with Gasteiger partial charge in [0.25, 0.3) is 0 Å². The Morgan fingerprint density at radius 3 is 2.40 bits per heavy atom. The summed E-state index contributed by atoms with van der Waals surface area (Å²) in [6, 6.07) is 19.1. The van der Waals surface area contributed by atoms with Crippen LogP contribution in [0.3, 0.4) is 0 Å². The van der Waals surface area contributed by atoms with Gasteiger partial charge in [0.2, 0.25) is 0 Å². The molecule has 0 saturated carbocycles. The van der Waals surface area contributed by atoms with Crippen LogP contribution in [0.4, 0.5) is 0 Å². The van der Waals surface area contributed by atoms with E-state index < -0.39 is 0 Å². The molecule has 0 spiro atoms. The fraction of sp³-hybridized carbons (Fsp3) is 0.222. The molecule has 0 fully saturated rings. The number of nitrogens with two attached hydrogens (primary N) is 1. The molecule has 2 nitrogen and oxygen atoms in total. The van der Waals surface area contributed by atoms with Gasteiger partial charge in [-0.1, -0.05) is 36.4 Å². The van der Waals surface area contributed by atoms with Crippen molar-refractivity contribution in [3.05, 3.63) is 66.4 Å². The van der Waals surface area contributed by atoms with Crippen molar-refractivity contribution < 1.29 is 0 Å². The standard InChI is InChI=1S/C18H20N2/c19-13-7-6-8-15-14-20(16-9-2-1-3-10-16)18-12-5-4-11-17(15)18/h1-5,9-12,14H,6-8,13,19H2. The third kappa shape index (κ3) is 2.47. The van der Waals surface area contributed by atoms with Crippen LogP contribution < -0.4 is 5.73 Å². The Bertz CT molecular complexity index is 683. The second kappa shape index (κ2) is 5.93. The number of fused-ring (bicyclic) bond motifs is 1. The van der Waals surface area contributed by atoms with E-state index in [0.717, 1.165) is 25.8 Å². The summed E-state index contributed by atoms with van der Waals surface area (Å²) in [5, 5.41) is 1.35. The van der Waals surface area contributed by atoms with E-state index in [1.165, 1.54) is 22.2 Å². The molecule has 20 heavy (non-hydrogen) atoms. The topological polar surface area (TPSA) is 30.9 Å². The molecule has 3 aromatic rings. The lowest BCUT2D eigenvalue weighted by Gasteiger charge is -2.04. The van der Waals surface area contributed by atoms with Crippen molar-refractivity contribution in [2.75, 3.05) is 6.54 Å². The van der Waals surface area contributed by atoms with Crippen molar-refractivity contribution in [3.8, 4) is 5.69 Å². The molecule has 3 rings (SSSR count). The van der Waals surface area contributed by atoms with E-state index >= 15 is 0 Å². The van der Waals surface area contributed by atoms with Crippen molar-refractivity contribution in [3.63, 3.8) is 0 Å². The minimum Gasteiger partial charge on any atom is -0.330 e. The van der Waals surface area contributed by atoms with Crippen LogP contribution in [0.15, 0.2) is 60.8 Å². The Balaban J connectivity index is 2.05. The lowest BCUT2D eigenvalue weighted by molar-refractivity contribution is 0.746. The van der Waals surface area contributed by atoms with E-state index in [0.29, 0.717) is 0 Å². The van der Waals surface area contributed by atoms with Gasteiger partial charge in [0.15, 0.2) is 0 Å². The van der Waals surface area contributed by atoms with Crippen molar-refractivity contribution in [2.24, 2.45) is 5.73 Å². The van der Waals surface area contributed by atoms with E-state index in [-0.39, 0.29) is 0 Å². The Hall–Kier alpha value is -2.06. The Morgan fingerprint density at radius 1 is 0.850 bits per heavy atom. The van der Waals surface area contributed by atoms with Gasteiger partial charge in [-0.05, 0) is 49.6 Å². The van der Waals surface area contributed by atoms with E-state index in [4.69, 9.17) is 5.73 Å². The number of hydrogen-bond acceptors (Lipinski definition) is 1. The van der Waals surface area contributed by atoms with Crippen LogP contribution in [0, 0.1) is 0 Å². The fourth-order valence-corrected chi connectivity index (χ4v) is 2.71. The summed E-state index contributed by atoms with van der Waals surface area (Å²) in [6.45, 7) is 0.775. The first kappa shape index (κ1) is 12.9. The molecule has 0 aliphatic carbocycles. The van der Waals surface area contributed by atoms with Crippen LogP contribution in [-0.4, -0.2) is 11.1 Å². The monoisotopic (exact) mass is 264 g/mol. The molecule has 2 heteroatoms. The number of nitrogens with zero attached hydrogens (tertiary/aromatic N) is 1. The first-order valence-corrected chi connectivity index (χ1v) is 7.24. The van der Waals surface area contributed by atoms with E-state index in [1.807, 2.05) is 0 Å². The third-order valence-corrected chi connectivity index (χ3v) is 3.73. The number of unbranched alkanes of at least 4 members (excludes halogenated alkanes) is 1. The minimum absolute atomic E-state index is 0.775. The number of rotatable bonds is 5. The molecule has 0 bridgehead atoms. The summed E-state index contributed by atoms with van der Waals surface area (Å²) in [5.41, 5.74) is 9.51. The molecular formula is C18H20N2. The van der Waals surface area contributed by atoms with Gasteiger partial charge in [-0.15, -0.1) is 0 Å². The predicted octanol–water partition coefficient (Wildman–Crippen LogP) is 3.91. The predicted molar refractivity (Wildman–Crippen MR) is 85.3 cm³/mol. The maximum absolute atomic E-state index is 5.60. The van der Waals surface area contributed by atoms with Gasteiger partial charge < -0.3 is 10.3 Å². The summed E-state index contributed by atoms with van der Waals surface area (Å²) >= 11 is 0. The largest absolute Gasteiger partial charge is 0.330 e. The number of hydrogen-bond donors (Lipinski definition) is 1. The Kier molecular flexibility index (Phi) is 3.84. The van der Waals surface area contributed by atoms with E-state index in [2.05, 4.69) is 65.4 Å². The van der Waals surface area contributed by atoms with Gasteiger partial charge in [0, 0.05) is 17.3 Å². The zero-order valence-corrected chi connectivity index (χ0v) is 11.6. The molecule has 0 atom stereocenters. The maximum atomic E-state index is 5.60. The second-order valence-corrected chi connectivity index (χ2v) is 5.12. The number of benzene rings is 2. The van der Waals surface area contributed by atoms with Crippen molar-refractivity contribution >= 4 is 10.9 Å². The van der Waals surface area contributed by atoms with Crippen molar-refractivity contribution in [1.82, 2.24) is 4.57 Å². The lowest BCUT2D eigenvalue weighted by Crippen LogP contribution is -1.98. The molecule has 2 N–H and O–H groups in total. The number of aromatic nitrogens is 1. The van der Waals surface area contributed by atoms with Crippen molar-refractivity contribution in [2.45, 2.75) is 19.3 Å². The van der Waals surface area contributed by atoms with Gasteiger partial charge in [0.05, 0.1) is 5.52 Å². The van der Waals surface area contributed by atoms with Gasteiger partial charge in [-0.3, -0.25) is 0 Å². The molecule has 0 unspecified atom stereocenters. The maximum Gasteiger partial charge on any atom is 0.0531 e. The first-order chi connectivity index (χ1) is 9.90. The highest BCUT2D eigenvalue weighted by Crippen LogP contribution is 2.25. The molecule has 1 heterocycles.